The molecule has 0 saturated heterocycles. The van der Waals surface area contributed by atoms with Crippen molar-refractivity contribution in [3.8, 4) is 0 Å². The monoisotopic (exact) mass is 403 g/mol. The van der Waals surface area contributed by atoms with Crippen LogP contribution in [0.2, 0.25) is 0 Å². The third-order valence-corrected chi connectivity index (χ3v) is 3.19. The lowest BCUT2D eigenvalue weighted by molar-refractivity contribution is -0.909. The Balaban J connectivity index is 3.36. The molecule has 1 heterocycles. The Morgan fingerprint density at radius 2 is 1.50 bits per heavy atom. The summed E-state index contributed by atoms with van der Waals surface area (Å²) in [5, 5.41) is 9.69. The van der Waals surface area contributed by atoms with Crippen molar-refractivity contribution in [2.45, 2.75) is 59.7 Å². The number of aryl methyl sites for hydroxylation is 1. The minimum atomic E-state index is -0.868. The second kappa shape index (κ2) is 6.96. The molecule has 0 atom stereocenters. The van der Waals surface area contributed by atoms with Crippen LogP contribution < -0.4 is 9.63 Å². The van der Waals surface area contributed by atoms with Crippen molar-refractivity contribution in [2.75, 3.05) is 4.90 Å². The van der Waals surface area contributed by atoms with Gasteiger partial charge in [0.05, 0.1) is 5.69 Å². The standard InChI is InChI=1S/C16H24BrN2O5/c1-10-8-12(11(17)9-18(10)22)19(13(20)23-15(2,3)4)14(21)24-16(5,6)7/h8-9,22H,1-7H3/q+1. The number of nitrogens with zero attached hydrogens (tertiary/aromatic N) is 2. The number of hydrogen-bond donors (Lipinski definition) is 1. The summed E-state index contributed by atoms with van der Waals surface area (Å²) >= 11 is 3.24. The Morgan fingerprint density at radius 1 is 1.08 bits per heavy atom. The van der Waals surface area contributed by atoms with Gasteiger partial charge in [0.1, 0.15) is 15.7 Å². The van der Waals surface area contributed by atoms with E-state index in [2.05, 4.69) is 15.9 Å². The van der Waals surface area contributed by atoms with Gasteiger partial charge >= 0.3 is 12.2 Å². The Kier molecular flexibility index (Phi) is 5.86. The first-order valence-corrected chi connectivity index (χ1v) is 8.18. The van der Waals surface area contributed by atoms with Crippen LogP contribution in [0.1, 0.15) is 47.2 Å². The summed E-state index contributed by atoms with van der Waals surface area (Å²) in [6.45, 7) is 11.8. The molecule has 0 fully saturated rings. The topological polar surface area (TPSA) is 80.0 Å². The molecule has 2 amide bonds. The van der Waals surface area contributed by atoms with Crippen molar-refractivity contribution in [1.82, 2.24) is 0 Å². The molecule has 0 unspecified atom stereocenters. The van der Waals surface area contributed by atoms with Crippen molar-refractivity contribution < 1.29 is 29.0 Å². The second-order valence-corrected chi connectivity index (χ2v) is 8.14. The van der Waals surface area contributed by atoms with Crippen LogP contribution in [0.25, 0.3) is 0 Å². The average Bonchev–Trinajstić information content (AvgIpc) is 2.31. The molecule has 1 aromatic heterocycles. The number of carbonyl (C=O) groups is 2. The van der Waals surface area contributed by atoms with E-state index in [4.69, 9.17) is 9.47 Å². The first-order valence-electron chi connectivity index (χ1n) is 7.38. The van der Waals surface area contributed by atoms with Crippen LogP contribution in [-0.4, -0.2) is 28.6 Å². The predicted octanol–water partition coefficient (Wildman–Crippen LogP) is 3.96. The predicted molar refractivity (Wildman–Crippen MR) is 91.2 cm³/mol. The zero-order chi connectivity index (χ0) is 18.9. The molecule has 0 saturated carbocycles. The molecule has 1 N–H and O–H groups in total. The second-order valence-electron chi connectivity index (χ2n) is 7.29. The normalized spacial score (nSPS) is 11.8. The number of carbonyl (C=O) groups excluding carboxylic acids is 2. The number of rotatable bonds is 1. The van der Waals surface area contributed by atoms with E-state index in [0.29, 0.717) is 10.2 Å². The highest BCUT2D eigenvalue weighted by Gasteiger charge is 2.35. The minimum Gasteiger partial charge on any atom is -0.443 e. The van der Waals surface area contributed by atoms with Crippen molar-refractivity contribution in [3.63, 3.8) is 0 Å². The lowest BCUT2D eigenvalue weighted by Gasteiger charge is -2.28. The van der Waals surface area contributed by atoms with Crippen LogP contribution in [0.4, 0.5) is 15.3 Å². The molecule has 0 bridgehead atoms. The summed E-state index contributed by atoms with van der Waals surface area (Å²) in [5.41, 5.74) is -0.943. The van der Waals surface area contributed by atoms with Gasteiger partial charge in [0.2, 0.25) is 11.9 Å². The molecular weight excluding hydrogens is 380 g/mol. The van der Waals surface area contributed by atoms with Crippen LogP contribution in [0.5, 0.6) is 0 Å². The third kappa shape index (κ3) is 5.67. The smallest absolute Gasteiger partial charge is 0.424 e. The number of imide groups is 1. The zero-order valence-corrected chi connectivity index (χ0v) is 16.6. The molecule has 1 aromatic rings. The Bertz CT molecular complexity index is 619. The highest BCUT2D eigenvalue weighted by molar-refractivity contribution is 9.10. The van der Waals surface area contributed by atoms with Gasteiger partial charge in [-0.15, -0.1) is 0 Å². The summed E-state index contributed by atoms with van der Waals surface area (Å²) < 4.78 is 11.8. The maximum atomic E-state index is 12.5. The molecule has 0 spiro atoms. The number of hydrogen-bond acceptors (Lipinski definition) is 5. The van der Waals surface area contributed by atoms with Gasteiger partial charge in [-0.05, 0) is 57.5 Å². The molecule has 134 valence electrons. The van der Waals surface area contributed by atoms with Crippen molar-refractivity contribution in [1.29, 1.82) is 0 Å². The molecular formula is C16H24BrN2O5+. The highest BCUT2D eigenvalue weighted by Crippen LogP contribution is 2.28. The van der Waals surface area contributed by atoms with E-state index in [1.807, 2.05) is 0 Å². The number of aromatic nitrogens is 1. The fourth-order valence-corrected chi connectivity index (χ4v) is 2.15. The molecule has 0 radical (unpaired) electrons. The maximum Gasteiger partial charge on any atom is 0.424 e. The fourth-order valence-electron chi connectivity index (χ4n) is 1.67. The summed E-state index contributed by atoms with van der Waals surface area (Å²) in [5.74, 6) is 0. The molecule has 24 heavy (non-hydrogen) atoms. The lowest BCUT2D eigenvalue weighted by atomic mass is 10.2. The largest absolute Gasteiger partial charge is 0.443 e. The van der Waals surface area contributed by atoms with Crippen molar-refractivity contribution in [2.24, 2.45) is 0 Å². The van der Waals surface area contributed by atoms with Gasteiger partial charge in [-0.25, -0.2) is 9.59 Å². The van der Waals surface area contributed by atoms with Crippen molar-refractivity contribution in [3.05, 3.63) is 22.4 Å². The number of amides is 2. The summed E-state index contributed by atoms with van der Waals surface area (Å²) in [4.78, 5) is 25.9. The van der Waals surface area contributed by atoms with Crippen LogP contribution in [0.3, 0.4) is 0 Å². The average molecular weight is 404 g/mol. The Morgan fingerprint density at radius 3 is 1.88 bits per heavy atom. The van der Waals surface area contributed by atoms with Gasteiger partial charge in [-0.2, -0.15) is 4.90 Å². The third-order valence-electron chi connectivity index (χ3n) is 2.58. The van der Waals surface area contributed by atoms with Gasteiger partial charge in [0, 0.05) is 17.7 Å². The highest BCUT2D eigenvalue weighted by atomic mass is 79.9. The zero-order valence-electron chi connectivity index (χ0n) is 15.0. The quantitative estimate of drug-likeness (QED) is 0.566. The summed E-state index contributed by atoms with van der Waals surface area (Å²) in [7, 11) is 0. The molecule has 0 aromatic carbocycles. The molecule has 0 aliphatic heterocycles. The van der Waals surface area contributed by atoms with Gasteiger partial charge in [0.15, 0.2) is 0 Å². The van der Waals surface area contributed by atoms with E-state index in [1.165, 1.54) is 12.3 Å². The van der Waals surface area contributed by atoms with Gasteiger partial charge in [-0.3, -0.25) is 5.21 Å². The first-order chi connectivity index (χ1) is 10.7. The Labute approximate surface area is 150 Å². The fraction of sp³-hybridized carbons (Fsp3) is 0.562. The number of pyridine rings is 1. The number of anilines is 1. The minimum absolute atomic E-state index is 0.210. The van der Waals surface area contributed by atoms with Crippen LogP contribution in [0, 0.1) is 6.92 Å². The molecule has 8 heteroatoms. The van der Waals surface area contributed by atoms with E-state index in [-0.39, 0.29) is 5.69 Å². The van der Waals surface area contributed by atoms with E-state index in [1.54, 1.807) is 48.5 Å². The maximum absolute atomic E-state index is 12.5. The van der Waals surface area contributed by atoms with Gasteiger partial charge in [0.25, 0.3) is 0 Å². The lowest BCUT2D eigenvalue weighted by Crippen LogP contribution is -2.44. The SMILES string of the molecule is Cc1cc(N(C(=O)OC(C)(C)C)C(=O)OC(C)(C)C)c(Br)c[n+]1O. The van der Waals surface area contributed by atoms with E-state index in [0.717, 1.165) is 9.63 Å². The first kappa shape index (κ1) is 20.2. The summed E-state index contributed by atoms with van der Waals surface area (Å²) in [6, 6.07) is 1.47. The van der Waals surface area contributed by atoms with Crippen LogP contribution >= 0.6 is 15.9 Å². The number of halogens is 1. The van der Waals surface area contributed by atoms with E-state index >= 15 is 0 Å². The number of ether oxygens (including phenoxy) is 2. The molecule has 7 nitrogen and oxygen atoms in total. The molecule has 0 aliphatic carbocycles. The van der Waals surface area contributed by atoms with Crippen LogP contribution in [0.15, 0.2) is 16.7 Å². The molecule has 0 aliphatic rings. The Hall–Kier alpha value is -1.83. The van der Waals surface area contributed by atoms with Crippen molar-refractivity contribution >= 4 is 33.8 Å². The summed E-state index contributed by atoms with van der Waals surface area (Å²) in [6.07, 6.45) is -0.410. The van der Waals surface area contributed by atoms with E-state index < -0.39 is 23.4 Å². The van der Waals surface area contributed by atoms with Gasteiger partial charge in [-0.1, -0.05) is 0 Å². The van der Waals surface area contributed by atoms with Crippen LogP contribution in [-0.2, 0) is 9.47 Å². The van der Waals surface area contributed by atoms with E-state index in [9.17, 15) is 14.8 Å². The van der Waals surface area contributed by atoms with Gasteiger partial charge < -0.3 is 9.47 Å². The molecule has 1 rings (SSSR count).